The van der Waals surface area contributed by atoms with E-state index >= 15 is 0 Å². The van der Waals surface area contributed by atoms with Gasteiger partial charge in [-0.2, -0.15) is 13.2 Å². The van der Waals surface area contributed by atoms with Gasteiger partial charge in [0.2, 0.25) is 0 Å². The van der Waals surface area contributed by atoms with Crippen molar-refractivity contribution in [1.82, 2.24) is 10.2 Å². The van der Waals surface area contributed by atoms with E-state index in [4.69, 9.17) is 9.47 Å². The first-order valence-corrected chi connectivity index (χ1v) is 8.89. The monoisotopic (exact) mass is 398 g/mol. The highest BCUT2D eigenvalue weighted by atomic mass is 19.4. The number of nitrogens with one attached hydrogen (secondary N) is 1. The molecule has 152 valence electrons. The van der Waals surface area contributed by atoms with Crippen LogP contribution >= 0.6 is 0 Å². The molecule has 0 aromatic heterocycles. The zero-order valence-electron chi connectivity index (χ0n) is 15.5. The first kappa shape index (κ1) is 20.2. The van der Waals surface area contributed by atoms with Crippen molar-refractivity contribution in [2.45, 2.75) is 38.1 Å². The maximum atomic E-state index is 13.5. The number of ether oxygens (including phenoxy) is 2. The van der Waals surface area contributed by atoms with Gasteiger partial charge in [0.1, 0.15) is 0 Å². The minimum atomic E-state index is -4.63. The van der Waals surface area contributed by atoms with Crippen molar-refractivity contribution >= 4 is 12.0 Å². The summed E-state index contributed by atoms with van der Waals surface area (Å²) < 4.78 is 50.8. The van der Waals surface area contributed by atoms with Crippen molar-refractivity contribution in [2.24, 2.45) is 0 Å². The predicted octanol–water partition coefficient (Wildman–Crippen LogP) is 3.40. The van der Waals surface area contributed by atoms with Gasteiger partial charge in [-0.15, -0.1) is 0 Å². The number of urea groups is 1. The fourth-order valence-electron chi connectivity index (χ4n) is 3.61. The molecule has 6 nitrogen and oxygen atoms in total. The highest BCUT2D eigenvalue weighted by Gasteiger charge is 2.42. The molecule has 0 radical (unpaired) electrons. The van der Waals surface area contributed by atoms with E-state index in [9.17, 15) is 22.8 Å². The van der Waals surface area contributed by atoms with E-state index in [0.29, 0.717) is 6.61 Å². The van der Waals surface area contributed by atoms with Gasteiger partial charge in [0, 0.05) is 12.3 Å². The van der Waals surface area contributed by atoms with Crippen LogP contribution in [0.4, 0.5) is 18.0 Å². The molecular formula is C19H21F3N2O4. The molecule has 2 aliphatic rings. The van der Waals surface area contributed by atoms with Gasteiger partial charge in [-0.3, -0.25) is 4.90 Å². The lowest BCUT2D eigenvalue weighted by molar-refractivity contribution is -0.140. The maximum absolute atomic E-state index is 13.5. The number of hydrogen-bond donors (Lipinski definition) is 1. The van der Waals surface area contributed by atoms with Crippen LogP contribution in [0.5, 0.6) is 0 Å². The van der Waals surface area contributed by atoms with Crippen molar-refractivity contribution in [3.63, 3.8) is 0 Å². The van der Waals surface area contributed by atoms with Gasteiger partial charge in [0.25, 0.3) is 0 Å². The molecule has 1 fully saturated rings. The fourth-order valence-corrected chi connectivity index (χ4v) is 3.61. The molecule has 0 bridgehead atoms. The number of amides is 2. The van der Waals surface area contributed by atoms with Gasteiger partial charge in [0.15, 0.2) is 0 Å². The van der Waals surface area contributed by atoms with Gasteiger partial charge in [-0.1, -0.05) is 18.2 Å². The van der Waals surface area contributed by atoms with Crippen LogP contribution in [0, 0.1) is 0 Å². The Balaban J connectivity index is 2.06. The average molecular weight is 398 g/mol. The Hall–Kier alpha value is -2.55. The zero-order valence-corrected chi connectivity index (χ0v) is 15.5. The van der Waals surface area contributed by atoms with E-state index in [1.165, 1.54) is 30.0 Å². The Kier molecular flexibility index (Phi) is 5.64. The largest absolute Gasteiger partial charge is 0.466 e. The maximum Gasteiger partial charge on any atom is 0.416 e. The third-order valence-electron chi connectivity index (χ3n) is 4.99. The number of alkyl halides is 3. The summed E-state index contributed by atoms with van der Waals surface area (Å²) in [5.41, 5.74) is -0.896. The molecule has 2 atom stereocenters. The fraction of sp³-hybridized carbons (Fsp3) is 0.474. The minimum absolute atomic E-state index is 0.0307. The summed E-state index contributed by atoms with van der Waals surface area (Å²) in [5, 5.41) is 2.54. The van der Waals surface area contributed by atoms with E-state index < -0.39 is 29.8 Å². The lowest BCUT2D eigenvalue weighted by Crippen LogP contribution is -2.50. The predicted molar refractivity (Wildman–Crippen MR) is 93.1 cm³/mol. The van der Waals surface area contributed by atoms with Crippen LogP contribution in [0.25, 0.3) is 0 Å². The van der Waals surface area contributed by atoms with Crippen molar-refractivity contribution < 1.29 is 32.2 Å². The van der Waals surface area contributed by atoms with Crippen LogP contribution in [0.3, 0.4) is 0 Å². The van der Waals surface area contributed by atoms with Crippen LogP contribution in [0.2, 0.25) is 0 Å². The van der Waals surface area contributed by atoms with Gasteiger partial charge < -0.3 is 14.8 Å². The number of methoxy groups -OCH3 is 1. The van der Waals surface area contributed by atoms with Crippen molar-refractivity contribution in [3.05, 3.63) is 46.7 Å². The molecule has 1 N–H and O–H groups in total. The lowest BCUT2D eigenvalue weighted by atomic mass is 9.91. The quantitative estimate of drug-likeness (QED) is 0.790. The first-order valence-electron chi connectivity index (χ1n) is 8.89. The van der Waals surface area contributed by atoms with Crippen LogP contribution in [-0.4, -0.2) is 43.3 Å². The smallest absolute Gasteiger partial charge is 0.416 e. The Morgan fingerprint density at radius 2 is 2.07 bits per heavy atom. The zero-order chi connectivity index (χ0) is 20.5. The van der Waals surface area contributed by atoms with E-state index in [1.54, 1.807) is 0 Å². The molecule has 0 spiro atoms. The molecule has 3 rings (SSSR count). The number of benzene rings is 1. The van der Waals surface area contributed by atoms with Gasteiger partial charge in [0.05, 0.1) is 36.9 Å². The Morgan fingerprint density at radius 1 is 1.36 bits per heavy atom. The second kappa shape index (κ2) is 7.83. The highest BCUT2D eigenvalue weighted by Crippen LogP contribution is 2.39. The molecule has 2 aliphatic heterocycles. The molecule has 1 aromatic carbocycles. The van der Waals surface area contributed by atoms with E-state index in [0.717, 1.165) is 26.0 Å². The van der Waals surface area contributed by atoms with Gasteiger partial charge in [-0.25, -0.2) is 9.59 Å². The number of carbonyl (C=O) groups is 2. The van der Waals surface area contributed by atoms with Gasteiger partial charge in [-0.05, 0) is 31.4 Å². The number of allylic oxidation sites excluding steroid dienone is 1. The SMILES string of the molecule is COC(=O)C1=C(C)N(C[C@@H]2CCCO2)C(=O)N[C@H]1c1ccccc1C(F)(F)F. The summed E-state index contributed by atoms with van der Waals surface area (Å²) in [5.74, 6) is -0.795. The second-order valence-electron chi connectivity index (χ2n) is 6.70. The first-order chi connectivity index (χ1) is 13.2. The lowest BCUT2D eigenvalue weighted by Gasteiger charge is -2.36. The highest BCUT2D eigenvalue weighted by molar-refractivity contribution is 5.95. The van der Waals surface area contributed by atoms with Crippen molar-refractivity contribution in [2.75, 3.05) is 20.3 Å². The van der Waals surface area contributed by atoms with Crippen LogP contribution in [-0.2, 0) is 20.4 Å². The average Bonchev–Trinajstić information content (AvgIpc) is 3.16. The normalized spacial score (nSPS) is 23.0. The summed E-state index contributed by atoms with van der Waals surface area (Å²) in [6.07, 6.45) is -3.18. The number of esters is 1. The molecule has 9 heteroatoms. The minimum Gasteiger partial charge on any atom is -0.466 e. The summed E-state index contributed by atoms with van der Waals surface area (Å²) >= 11 is 0. The number of nitrogens with zero attached hydrogens (tertiary/aromatic N) is 1. The molecule has 2 amide bonds. The Bertz CT molecular complexity index is 801. The third-order valence-corrected chi connectivity index (χ3v) is 4.99. The molecule has 2 heterocycles. The van der Waals surface area contributed by atoms with E-state index in [1.807, 2.05) is 0 Å². The second-order valence-corrected chi connectivity index (χ2v) is 6.70. The summed E-state index contributed by atoms with van der Waals surface area (Å²) in [7, 11) is 1.15. The third kappa shape index (κ3) is 3.84. The van der Waals surface area contributed by atoms with Crippen molar-refractivity contribution in [1.29, 1.82) is 0 Å². The summed E-state index contributed by atoms with van der Waals surface area (Å²) in [6.45, 7) is 2.34. The number of hydrogen-bond acceptors (Lipinski definition) is 4. The molecular weight excluding hydrogens is 377 g/mol. The molecule has 0 saturated carbocycles. The van der Waals surface area contributed by atoms with E-state index in [-0.39, 0.29) is 29.5 Å². The number of carbonyl (C=O) groups excluding carboxylic acids is 2. The van der Waals surface area contributed by atoms with Crippen molar-refractivity contribution in [3.8, 4) is 0 Å². The summed E-state index contributed by atoms with van der Waals surface area (Å²) in [6, 6.07) is 3.01. The van der Waals surface area contributed by atoms with E-state index in [2.05, 4.69) is 5.32 Å². The number of halogens is 3. The standard InChI is InChI=1S/C19H21F3N2O4/c1-11-15(17(25)27-2)16(13-7-3-4-8-14(13)19(20,21)22)23-18(26)24(11)10-12-6-5-9-28-12/h3-4,7-8,12,16H,5-6,9-10H2,1-2H3,(H,23,26)/t12-,16-/m0/s1. The Morgan fingerprint density at radius 3 is 2.68 bits per heavy atom. The van der Waals surface area contributed by atoms with Gasteiger partial charge >= 0.3 is 18.2 Å². The Labute approximate surface area is 160 Å². The van der Waals surface area contributed by atoms with Crippen LogP contribution < -0.4 is 5.32 Å². The summed E-state index contributed by atoms with van der Waals surface area (Å²) in [4.78, 5) is 26.5. The van der Waals surface area contributed by atoms with Crippen LogP contribution in [0.15, 0.2) is 35.5 Å². The number of rotatable bonds is 4. The molecule has 28 heavy (non-hydrogen) atoms. The topological polar surface area (TPSA) is 67.9 Å². The molecule has 0 unspecified atom stereocenters. The molecule has 0 aliphatic carbocycles. The molecule has 1 saturated heterocycles. The molecule has 1 aromatic rings. The van der Waals surface area contributed by atoms with Crippen LogP contribution in [0.1, 0.15) is 36.9 Å².